The quantitative estimate of drug-likeness (QED) is 0.318. The molecule has 1 aromatic carbocycles. The van der Waals surface area contributed by atoms with Gasteiger partial charge in [0.25, 0.3) is 0 Å². The SMILES string of the molecule is CCCCCCCCCCCCSC(CC)c1cc[c]cc1. The number of hydrogen-bond acceptors (Lipinski definition) is 1. The fourth-order valence-corrected chi connectivity index (χ4v) is 4.12. The van der Waals surface area contributed by atoms with Crippen LogP contribution in [0, 0.1) is 6.07 Å². The van der Waals surface area contributed by atoms with Crippen LogP contribution in [-0.4, -0.2) is 5.75 Å². The number of unbranched alkanes of at least 4 members (excludes halogenated alkanes) is 9. The highest BCUT2D eigenvalue weighted by Gasteiger charge is 2.08. The van der Waals surface area contributed by atoms with Gasteiger partial charge in [-0.25, -0.2) is 0 Å². The fraction of sp³-hybridized carbons (Fsp3) is 0.714. The van der Waals surface area contributed by atoms with E-state index in [-0.39, 0.29) is 0 Å². The predicted molar refractivity (Wildman–Crippen MR) is 103 cm³/mol. The normalized spacial score (nSPS) is 12.5. The van der Waals surface area contributed by atoms with E-state index in [1.54, 1.807) is 0 Å². The molecule has 0 spiro atoms. The van der Waals surface area contributed by atoms with Gasteiger partial charge < -0.3 is 0 Å². The van der Waals surface area contributed by atoms with Crippen LogP contribution in [0.1, 0.15) is 95.3 Å². The van der Waals surface area contributed by atoms with Crippen molar-refractivity contribution in [2.75, 3.05) is 5.75 Å². The molecule has 125 valence electrons. The lowest BCUT2D eigenvalue weighted by atomic mass is 10.1. The summed E-state index contributed by atoms with van der Waals surface area (Å²) in [4.78, 5) is 0. The molecule has 1 rings (SSSR count). The predicted octanol–water partition coefficient (Wildman–Crippen LogP) is 7.59. The summed E-state index contributed by atoms with van der Waals surface area (Å²) in [7, 11) is 0. The molecule has 22 heavy (non-hydrogen) atoms. The van der Waals surface area contributed by atoms with E-state index in [2.05, 4.69) is 43.8 Å². The molecule has 1 unspecified atom stereocenters. The average Bonchev–Trinajstić information content (AvgIpc) is 2.57. The summed E-state index contributed by atoms with van der Waals surface area (Å²) in [5.74, 6) is 1.31. The maximum atomic E-state index is 3.11. The second kappa shape index (κ2) is 14.2. The Morgan fingerprint density at radius 2 is 1.36 bits per heavy atom. The summed E-state index contributed by atoms with van der Waals surface area (Å²) in [6, 6.07) is 11.6. The van der Waals surface area contributed by atoms with Crippen molar-refractivity contribution < 1.29 is 0 Å². The lowest BCUT2D eigenvalue weighted by Crippen LogP contribution is -1.94. The van der Waals surface area contributed by atoms with Crippen molar-refractivity contribution >= 4 is 11.8 Å². The Balaban J connectivity index is 1.94. The Kier molecular flexibility index (Phi) is 12.6. The number of rotatable bonds is 14. The zero-order chi connectivity index (χ0) is 15.9. The smallest absolute Gasteiger partial charge is 0.0294 e. The molecule has 1 heteroatoms. The van der Waals surface area contributed by atoms with Crippen LogP contribution in [0.5, 0.6) is 0 Å². The first-order chi connectivity index (χ1) is 10.9. The van der Waals surface area contributed by atoms with E-state index in [0.29, 0.717) is 5.25 Å². The van der Waals surface area contributed by atoms with E-state index >= 15 is 0 Å². The van der Waals surface area contributed by atoms with Crippen molar-refractivity contribution in [3.05, 3.63) is 35.9 Å². The monoisotopic (exact) mass is 319 g/mol. The zero-order valence-electron chi connectivity index (χ0n) is 14.8. The van der Waals surface area contributed by atoms with Gasteiger partial charge in [-0.1, -0.05) is 95.9 Å². The Bertz CT molecular complexity index is 333. The lowest BCUT2D eigenvalue weighted by Gasteiger charge is -2.14. The molecule has 0 aliphatic rings. The highest BCUT2D eigenvalue weighted by atomic mass is 32.2. The van der Waals surface area contributed by atoms with Crippen molar-refractivity contribution in [2.24, 2.45) is 0 Å². The van der Waals surface area contributed by atoms with Crippen molar-refractivity contribution in [1.29, 1.82) is 0 Å². The fourth-order valence-electron chi connectivity index (χ4n) is 2.88. The topological polar surface area (TPSA) is 0 Å². The Morgan fingerprint density at radius 3 is 1.91 bits per heavy atom. The summed E-state index contributed by atoms with van der Waals surface area (Å²) < 4.78 is 0. The standard InChI is InChI=1S/C21H35S/c1-3-5-6-7-8-9-10-11-12-16-19-22-21(4-2)20-17-14-13-15-18-20/h14-15,17-18,21H,3-12,16,19H2,1-2H3. The summed E-state index contributed by atoms with van der Waals surface area (Å²) in [5, 5.41) is 0.674. The molecule has 0 saturated carbocycles. The van der Waals surface area contributed by atoms with Gasteiger partial charge in [-0.3, -0.25) is 0 Å². The maximum absolute atomic E-state index is 3.11. The summed E-state index contributed by atoms with van der Waals surface area (Å²) in [6.45, 7) is 4.59. The summed E-state index contributed by atoms with van der Waals surface area (Å²) in [5.41, 5.74) is 1.47. The number of benzene rings is 1. The van der Waals surface area contributed by atoms with Gasteiger partial charge in [-0.2, -0.15) is 11.8 Å². The molecule has 1 atom stereocenters. The Hall–Kier alpha value is -0.430. The number of thioether (sulfide) groups is 1. The van der Waals surface area contributed by atoms with Crippen LogP contribution in [0.4, 0.5) is 0 Å². The van der Waals surface area contributed by atoms with Crippen LogP contribution in [0.3, 0.4) is 0 Å². The zero-order valence-corrected chi connectivity index (χ0v) is 15.6. The minimum atomic E-state index is 0.674. The Labute approximate surface area is 143 Å². The minimum Gasteiger partial charge on any atom is -0.154 e. The van der Waals surface area contributed by atoms with Gasteiger partial charge in [0.1, 0.15) is 0 Å². The first kappa shape index (κ1) is 19.6. The van der Waals surface area contributed by atoms with Gasteiger partial charge >= 0.3 is 0 Å². The lowest BCUT2D eigenvalue weighted by molar-refractivity contribution is 0.563. The van der Waals surface area contributed by atoms with Crippen LogP contribution in [-0.2, 0) is 0 Å². The van der Waals surface area contributed by atoms with Crippen LogP contribution >= 0.6 is 11.8 Å². The second-order valence-corrected chi connectivity index (χ2v) is 7.59. The molecule has 0 amide bonds. The third kappa shape index (κ3) is 9.56. The van der Waals surface area contributed by atoms with Crippen LogP contribution in [0.2, 0.25) is 0 Å². The van der Waals surface area contributed by atoms with E-state index in [0.717, 1.165) is 0 Å². The van der Waals surface area contributed by atoms with E-state index < -0.39 is 0 Å². The van der Waals surface area contributed by atoms with Crippen LogP contribution in [0.25, 0.3) is 0 Å². The molecule has 0 saturated heterocycles. The average molecular weight is 320 g/mol. The van der Waals surface area contributed by atoms with Crippen molar-refractivity contribution in [1.82, 2.24) is 0 Å². The highest BCUT2D eigenvalue weighted by Crippen LogP contribution is 2.32. The molecule has 0 fully saturated rings. The molecular weight excluding hydrogens is 284 g/mol. The Morgan fingerprint density at radius 1 is 0.818 bits per heavy atom. The summed E-state index contributed by atoms with van der Waals surface area (Å²) >= 11 is 2.14. The number of hydrogen-bond donors (Lipinski definition) is 0. The minimum absolute atomic E-state index is 0.674. The van der Waals surface area contributed by atoms with Gasteiger partial charge in [0.2, 0.25) is 0 Å². The van der Waals surface area contributed by atoms with Crippen molar-refractivity contribution in [3.63, 3.8) is 0 Å². The first-order valence-corrected chi connectivity index (χ1v) is 10.5. The molecule has 0 nitrogen and oxygen atoms in total. The van der Waals surface area contributed by atoms with Crippen LogP contribution in [0.15, 0.2) is 24.3 Å². The molecule has 0 aliphatic heterocycles. The van der Waals surface area contributed by atoms with E-state index in [1.807, 2.05) is 12.1 Å². The van der Waals surface area contributed by atoms with Gasteiger partial charge in [0, 0.05) is 5.25 Å². The molecule has 1 aromatic rings. The molecule has 0 aliphatic carbocycles. The maximum Gasteiger partial charge on any atom is 0.0294 e. The molecule has 1 radical (unpaired) electrons. The van der Waals surface area contributed by atoms with Crippen molar-refractivity contribution in [3.8, 4) is 0 Å². The largest absolute Gasteiger partial charge is 0.154 e. The molecule has 0 N–H and O–H groups in total. The van der Waals surface area contributed by atoms with Gasteiger partial charge in [0.05, 0.1) is 0 Å². The first-order valence-electron chi connectivity index (χ1n) is 9.46. The molecule has 0 bridgehead atoms. The van der Waals surface area contributed by atoms with Crippen LogP contribution < -0.4 is 0 Å². The summed E-state index contributed by atoms with van der Waals surface area (Å²) in [6.07, 6.45) is 15.5. The highest BCUT2D eigenvalue weighted by molar-refractivity contribution is 7.99. The van der Waals surface area contributed by atoms with E-state index in [1.165, 1.54) is 81.9 Å². The third-order valence-corrected chi connectivity index (χ3v) is 5.84. The van der Waals surface area contributed by atoms with Gasteiger partial charge in [-0.15, -0.1) is 0 Å². The van der Waals surface area contributed by atoms with Gasteiger partial charge in [0.15, 0.2) is 0 Å². The van der Waals surface area contributed by atoms with E-state index in [9.17, 15) is 0 Å². The van der Waals surface area contributed by atoms with E-state index in [4.69, 9.17) is 0 Å². The second-order valence-electron chi connectivity index (χ2n) is 6.28. The molecule has 0 aromatic heterocycles. The van der Waals surface area contributed by atoms with Gasteiger partial charge in [-0.05, 0) is 30.2 Å². The molecular formula is C21H35S. The molecule has 0 heterocycles. The van der Waals surface area contributed by atoms with Crippen molar-refractivity contribution in [2.45, 2.75) is 89.7 Å². The third-order valence-electron chi connectivity index (χ3n) is 4.30.